The number of hydrogen-bond acceptors (Lipinski definition) is 5. The van der Waals surface area contributed by atoms with E-state index in [0.717, 1.165) is 25.9 Å². The van der Waals surface area contributed by atoms with Crippen molar-refractivity contribution in [3.8, 4) is 11.5 Å². The van der Waals surface area contributed by atoms with Crippen LogP contribution in [0.15, 0.2) is 21.5 Å². The Balaban J connectivity index is 0.00000264. The minimum atomic E-state index is -3.65. The van der Waals surface area contributed by atoms with E-state index >= 15 is 0 Å². The number of halogens is 2. The third-order valence-electron chi connectivity index (χ3n) is 3.92. The number of nitrogens with zero attached hydrogens (tertiary/aromatic N) is 1. The maximum atomic E-state index is 12.9. The highest BCUT2D eigenvalue weighted by Gasteiger charge is 2.32. The lowest BCUT2D eigenvalue weighted by Gasteiger charge is -2.31. The number of ether oxygens (including phenoxy) is 2. The van der Waals surface area contributed by atoms with E-state index in [2.05, 4.69) is 21.2 Å². The van der Waals surface area contributed by atoms with Gasteiger partial charge in [0.1, 0.15) is 16.4 Å². The van der Waals surface area contributed by atoms with E-state index in [1.807, 2.05) is 0 Å². The summed E-state index contributed by atoms with van der Waals surface area (Å²) in [7, 11) is 0.929. The van der Waals surface area contributed by atoms with Crippen LogP contribution in [0.3, 0.4) is 0 Å². The lowest BCUT2D eigenvalue weighted by molar-refractivity contribution is 0.295. The summed E-state index contributed by atoms with van der Waals surface area (Å²) in [5.74, 6) is 0.756. The summed E-state index contributed by atoms with van der Waals surface area (Å²) in [6.45, 7) is 1.65. The van der Waals surface area contributed by atoms with E-state index < -0.39 is 10.0 Å². The Kier molecular flexibility index (Phi) is 7.60. The summed E-state index contributed by atoms with van der Waals surface area (Å²) in [6.07, 6.45) is 1.59. The van der Waals surface area contributed by atoms with E-state index in [-0.39, 0.29) is 23.3 Å². The van der Waals surface area contributed by atoms with Crippen LogP contribution in [0.25, 0.3) is 0 Å². The molecular weight excluding hydrogens is 408 g/mol. The molecule has 1 N–H and O–H groups in total. The Bertz CT molecular complexity index is 636. The van der Waals surface area contributed by atoms with Crippen molar-refractivity contribution in [3.05, 3.63) is 16.6 Å². The fourth-order valence-corrected chi connectivity index (χ4v) is 4.61. The fourth-order valence-electron chi connectivity index (χ4n) is 2.56. The van der Waals surface area contributed by atoms with Crippen molar-refractivity contribution in [1.29, 1.82) is 0 Å². The number of methoxy groups -OCH3 is 2. The van der Waals surface area contributed by atoms with Gasteiger partial charge in [-0.15, -0.1) is 12.4 Å². The van der Waals surface area contributed by atoms with Crippen molar-refractivity contribution in [2.45, 2.75) is 23.8 Å². The molecule has 0 aliphatic carbocycles. The first-order valence-corrected chi connectivity index (χ1v) is 9.25. The first kappa shape index (κ1) is 20.5. The predicted octanol–water partition coefficient (Wildman–Crippen LogP) is 2.26. The van der Waals surface area contributed by atoms with E-state index in [0.29, 0.717) is 16.0 Å². The van der Waals surface area contributed by atoms with Gasteiger partial charge in [0.2, 0.25) is 10.0 Å². The summed E-state index contributed by atoms with van der Waals surface area (Å²) in [4.78, 5) is 0.121. The predicted molar refractivity (Wildman–Crippen MR) is 95.3 cm³/mol. The third-order valence-corrected chi connectivity index (χ3v) is 6.47. The second-order valence-corrected chi connectivity index (χ2v) is 7.96. The van der Waals surface area contributed by atoms with Gasteiger partial charge in [0, 0.05) is 19.2 Å². The molecule has 23 heavy (non-hydrogen) atoms. The van der Waals surface area contributed by atoms with Crippen LogP contribution in [-0.2, 0) is 10.0 Å². The number of piperidine rings is 1. The van der Waals surface area contributed by atoms with Gasteiger partial charge in [-0.05, 0) is 47.9 Å². The minimum Gasteiger partial charge on any atom is -0.496 e. The Hall–Kier alpha value is -0.540. The van der Waals surface area contributed by atoms with Crippen LogP contribution < -0.4 is 14.8 Å². The molecule has 2 rings (SSSR count). The van der Waals surface area contributed by atoms with Crippen molar-refractivity contribution in [2.24, 2.45) is 0 Å². The van der Waals surface area contributed by atoms with Gasteiger partial charge in [-0.25, -0.2) is 8.42 Å². The molecule has 1 aliphatic heterocycles. The summed E-state index contributed by atoms with van der Waals surface area (Å²) in [5, 5.41) is 3.24. The van der Waals surface area contributed by atoms with E-state index in [1.165, 1.54) is 24.6 Å². The lowest BCUT2D eigenvalue weighted by Crippen LogP contribution is -2.43. The number of benzene rings is 1. The average Bonchev–Trinajstić information content (AvgIpc) is 2.54. The van der Waals surface area contributed by atoms with Gasteiger partial charge < -0.3 is 14.8 Å². The van der Waals surface area contributed by atoms with E-state index in [4.69, 9.17) is 9.47 Å². The molecule has 1 aromatic carbocycles. The van der Waals surface area contributed by atoms with Crippen LogP contribution in [0.4, 0.5) is 0 Å². The molecule has 9 heteroatoms. The molecule has 1 heterocycles. The van der Waals surface area contributed by atoms with Crippen LogP contribution in [0.5, 0.6) is 11.5 Å². The minimum absolute atomic E-state index is 0. The highest BCUT2D eigenvalue weighted by molar-refractivity contribution is 9.10. The highest BCUT2D eigenvalue weighted by atomic mass is 79.9. The van der Waals surface area contributed by atoms with Crippen molar-refractivity contribution in [3.63, 3.8) is 0 Å². The van der Waals surface area contributed by atoms with Gasteiger partial charge in [-0.3, -0.25) is 0 Å². The largest absolute Gasteiger partial charge is 0.496 e. The van der Waals surface area contributed by atoms with Crippen molar-refractivity contribution < 1.29 is 17.9 Å². The molecule has 0 radical (unpaired) electrons. The summed E-state index contributed by atoms with van der Waals surface area (Å²) in [6, 6.07) is 3.10. The smallest absolute Gasteiger partial charge is 0.246 e. The summed E-state index contributed by atoms with van der Waals surface area (Å²) in [5.41, 5.74) is 0. The van der Waals surface area contributed by atoms with Crippen molar-refractivity contribution in [2.75, 3.05) is 34.4 Å². The molecule has 1 aromatic rings. The Labute approximate surface area is 152 Å². The number of rotatable bonds is 5. The molecule has 0 aromatic heterocycles. The van der Waals surface area contributed by atoms with Crippen LogP contribution in [-0.4, -0.2) is 53.1 Å². The molecule has 0 spiro atoms. The zero-order chi connectivity index (χ0) is 16.3. The van der Waals surface area contributed by atoms with Gasteiger partial charge in [0.15, 0.2) is 0 Å². The lowest BCUT2D eigenvalue weighted by atomic mass is 10.1. The SMILES string of the molecule is COc1cc(S(=O)(=O)N(C)C2CCNCC2)c(OC)cc1Br.Cl. The number of nitrogens with one attached hydrogen (secondary N) is 1. The first-order chi connectivity index (χ1) is 10.4. The average molecular weight is 430 g/mol. The quantitative estimate of drug-likeness (QED) is 0.777. The standard InChI is InChI=1S/C14H21BrN2O4S.ClH/c1-17(10-4-6-16-7-5-10)22(18,19)14-9-12(20-2)11(15)8-13(14)21-3;/h8-10,16H,4-7H2,1-3H3;1H. The van der Waals surface area contributed by atoms with Crippen LogP contribution in [0.1, 0.15) is 12.8 Å². The monoisotopic (exact) mass is 428 g/mol. The van der Waals surface area contributed by atoms with Gasteiger partial charge in [0.25, 0.3) is 0 Å². The van der Waals surface area contributed by atoms with Gasteiger partial charge >= 0.3 is 0 Å². The molecule has 0 unspecified atom stereocenters. The molecule has 1 aliphatic rings. The van der Waals surface area contributed by atoms with Gasteiger partial charge in [0.05, 0.1) is 18.7 Å². The second-order valence-electron chi connectivity index (χ2n) is 5.14. The summed E-state index contributed by atoms with van der Waals surface area (Å²) < 4.78 is 38.4. The highest BCUT2D eigenvalue weighted by Crippen LogP contribution is 2.37. The molecule has 1 saturated heterocycles. The zero-order valence-corrected chi connectivity index (χ0v) is 16.6. The number of hydrogen-bond donors (Lipinski definition) is 1. The van der Waals surface area contributed by atoms with Crippen LogP contribution in [0.2, 0.25) is 0 Å². The molecule has 0 saturated carbocycles. The Morgan fingerprint density at radius 1 is 1.17 bits per heavy atom. The van der Waals surface area contributed by atoms with Crippen molar-refractivity contribution >= 4 is 38.4 Å². The van der Waals surface area contributed by atoms with Crippen LogP contribution in [0, 0.1) is 0 Å². The Morgan fingerprint density at radius 2 is 1.74 bits per heavy atom. The third kappa shape index (κ3) is 4.30. The summed E-state index contributed by atoms with van der Waals surface area (Å²) >= 11 is 3.34. The maximum absolute atomic E-state index is 12.9. The van der Waals surface area contributed by atoms with E-state index in [1.54, 1.807) is 13.1 Å². The second kappa shape index (κ2) is 8.53. The topological polar surface area (TPSA) is 67.9 Å². The molecule has 132 valence electrons. The maximum Gasteiger partial charge on any atom is 0.246 e. The molecule has 1 fully saturated rings. The Morgan fingerprint density at radius 3 is 2.26 bits per heavy atom. The molecule has 0 amide bonds. The van der Waals surface area contributed by atoms with Gasteiger partial charge in [-0.1, -0.05) is 0 Å². The van der Waals surface area contributed by atoms with Crippen LogP contribution >= 0.6 is 28.3 Å². The fraction of sp³-hybridized carbons (Fsp3) is 0.571. The molecule has 0 bridgehead atoms. The normalized spacial score (nSPS) is 16.0. The van der Waals surface area contributed by atoms with Gasteiger partial charge in [-0.2, -0.15) is 4.31 Å². The molecule has 6 nitrogen and oxygen atoms in total. The number of sulfonamides is 1. The zero-order valence-electron chi connectivity index (χ0n) is 13.3. The van der Waals surface area contributed by atoms with Crippen molar-refractivity contribution in [1.82, 2.24) is 9.62 Å². The first-order valence-electron chi connectivity index (χ1n) is 7.02. The molecular formula is C14H22BrClN2O4S. The van der Waals surface area contributed by atoms with E-state index in [9.17, 15) is 8.42 Å². The molecule has 0 atom stereocenters.